The Hall–Kier alpha value is -2.16. The number of rotatable bonds is 11. The molecule has 0 spiro atoms. The molecule has 0 aromatic heterocycles. The molecule has 0 bridgehead atoms. The molecule has 2 rings (SSSR count). The van der Waals surface area contributed by atoms with E-state index in [0.717, 1.165) is 6.42 Å². The van der Waals surface area contributed by atoms with Crippen molar-refractivity contribution in [2.45, 2.75) is 45.3 Å². The molecule has 2 aromatic rings. The molecule has 0 aliphatic carbocycles. The second-order valence-electron chi connectivity index (χ2n) is 8.08. The first-order chi connectivity index (χ1) is 13.3. The van der Waals surface area contributed by atoms with Crippen LogP contribution in [0, 0.1) is 5.92 Å². The maximum Gasteiger partial charge on any atom is 0.0879 e. The van der Waals surface area contributed by atoms with Crippen LogP contribution >= 0.6 is 0 Å². The Morgan fingerprint density at radius 2 is 1.29 bits per heavy atom. The lowest BCUT2D eigenvalue weighted by Gasteiger charge is -2.27. The molecule has 1 unspecified atom stereocenters. The fourth-order valence-corrected chi connectivity index (χ4v) is 2.99. The summed E-state index contributed by atoms with van der Waals surface area (Å²) in [7, 11) is 0. The number of hydrogen-bond donors (Lipinski definition) is 0. The summed E-state index contributed by atoms with van der Waals surface area (Å²) < 4.78 is 12.3. The van der Waals surface area contributed by atoms with Crippen LogP contribution in [-0.4, -0.2) is 13.2 Å². The van der Waals surface area contributed by atoms with Crippen molar-refractivity contribution in [1.82, 2.24) is 0 Å². The van der Waals surface area contributed by atoms with Crippen LogP contribution in [0.2, 0.25) is 0 Å². The third-order valence-electron chi connectivity index (χ3n) is 5.08. The molecular weight excluding hydrogens is 344 g/mol. The lowest BCUT2D eigenvalue weighted by Crippen LogP contribution is -2.24. The second-order valence-corrected chi connectivity index (χ2v) is 8.08. The first-order valence-electron chi connectivity index (χ1n) is 10.0. The fourth-order valence-electron chi connectivity index (χ4n) is 2.99. The zero-order chi connectivity index (χ0) is 20.5. The second kappa shape index (κ2) is 10.4. The van der Waals surface area contributed by atoms with Gasteiger partial charge in [-0.2, -0.15) is 0 Å². The summed E-state index contributed by atoms with van der Waals surface area (Å²) in [5, 5.41) is 0. The van der Waals surface area contributed by atoms with Gasteiger partial charge in [0.1, 0.15) is 0 Å². The standard InChI is InChI=1S/C26H34O2/c1-6-22(21-28-26(4,5)24-18-11-8-12-19-24)15-13-14-20-27-25(2,3)23-16-9-7-10-17-23/h6-14,16-19,22H,1,15,20-21H2,2-5H3/b14-13+. The summed E-state index contributed by atoms with van der Waals surface area (Å²) in [6.45, 7) is 13.6. The van der Waals surface area contributed by atoms with Crippen LogP contribution in [0.4, 0.5) is 0 Å². The molecule has 1 atom stereocenters. The maximum atomic E-state index is 6.20. The normalized spacial score (nSPS) is 13.6. The molecule has 0 aliphatic heterocycles. The molecule has 28 heavy (non-hydrogen) atoms. The van der Waals surface area contributed by atoms with E-state index < -0.39 is 0 Å². The van der Waals surface area contributed by atoms with E-state index in [1.807, 2.05) is 42.5 Å². The van der Waals surface area contributed by atoms with Crippen LogP contribution in [-0.2, 0) is 20.7 Å². The third kappa shape index (κ3) is 6.78. The summed E-state index contributed by atoms with van der Waals surface area (Å²) in [5.41, 5.74) is 1.76. The Balaban J connectivity index is 1.78. The maximum absolute atomic E-state index is 6.20. The fraction of sp³-hybridized carbons (Fsp3) is 0.385. The lowest BCUT2D eigenvalue weighted by molar-refractivity contribution is -0.0330. The van der Waals surface area contributed by atoms with E-state index in [4.69, 9.17) is 9.47 Å². The third-order valence-corrected chi connectivity index (χ3v) is 5.08. The van der Waals surface area contributed by atoms with Gasteiger partial charge in [0.25, 0.3) is 0 Å². The van der Waals surface area contributed by atoms with E-state index in [-0.39, 0.29) is 17.1 Å². The van der Waals surface area contributed by atoms with Gasteiger partial charge in [-0.15, -0.1) is 6.58 Å². The van der Waals surface area contributed by atoms with Crippen LogP contribution in [0.5, 0.6) is 0 Å². The molecule has 2 nitrogen and oxygen atoms in total. The van der Waals surface area contributed by atoms with Crippen LogP contribution in [0.25, 0.3) is 0 Å². The summed E-state index contributed by atoms with van der Waals surface area (Å²) in [4.78, 5) is 0. The SMILES string of the molecule is C=CC(C/C=C/COC(C)(C)c1ccccc1)COC(C)(C)c1ccccc1. The first-order valence-corrected chi connectivity index (χ1v) is 10.0. The molecule has 0 radical (unpaired) electrons. The van der Waals surface area contributed by atoms with Crippen molar-refractivity contribution in [3.8, 4) is 0 Å². The number of ether oxygens (including phenoxy) is 2. The van der Waals surface area contributed by atoms with Crippen molar-refractivity contribution < 1.29 is 9.47 Å². The predicted molar refractivity (Wildman–Crippen MR) is 118 cm³/mol. The average Bonchev–Trinajstić information content (AvgIpc) is 2.71. The quantitative estimate of drug-likeness (QED) is 0.408. The summed E-state index contributed by atoms with van der Waals surface area (Å²) in [5.74, 6) is 0.279. The van der Waals surface area contributed by atoms with Gasteiger partial charge < -0.3 is 9.47 Å². The highest BCUT2D eigenvalue weighted by Gasteiger charge is 2.22. The molecule has 0 aliphatic rings. The van der Waals surface area contributed by atoms with E-state index in [9.17, 15) is 0 Å². The van der Waals surface area contributed by atoms with E-state index in [1.165, 1.54) is 11.1 Å². The molecule has 0 N–H and O–H groups in total. The molecule has 2 aromatic carbocycles. The Bertz CT molecular complexity index is 730. The minimum Gasteiger partial charge on any atom is -0.370 e. The van der Waals surface area contributed by atoms with Crippen LogP contribution in [0.1, 0.15) is 45.2 Å². The van der Waals surface area contributed by atoms with Crippen LogP contribution in [0.15, 0.2) is 85.5 Å². The first kappa shape index (κ1) is 22.1. The van der Waals surface area contributed by atoms with Gasteiger partial charge in [-0.05, 0) is 45.2 Å². The highest BCUT2D eigenvalue weighted by atomic mass is 16.5. The molecule has 0 saturated heterocycles. The minimum absolute atomic E-state index is 0.279. The monoisotopic (exact) mass is 378 g/mol. The molecule has 0 saturated carbocycles. The molecule has 0 amide bonds. The van der Waals surface area contributed by atoms with E-state index in [0.29, 0.717) is 13.2 Å². The zero-order valence-electron chi connectivity index (χ0n) is 17.7. The summed E-state index contributed by atoms with van der Waals surface area (Å²) >= 11 is 0. The Morgan fingerprint density at radius 3 is 1.79 bits per heavy atom. The van der Waals surface area contributed by atoms with Crippen molar-refractivity contribution in [2.75, 3.05) is 13.2 Å². The molecule has 0 heterocycles. The van der Waals surface area contributed by atoms with E-state index in [2.05, 4.69) is 70.7 Å². The minimum atomic E-state index is -0.310. The van der Waals surface area contributed by atoms with Crippen molar-refractivity contribution >= 4 is 0 Å². The molecule has 2 heteroatoms. The number of hydrogen-bond acceptors (Lipinski definition) is 2. The van der Waals surface area contributed by atoms with Crippen LogP contribution < -0.4 is 0 Å². The Kier molecular flexibility index (Phi) is 8.22. The van der Waals surface area contributed by atoms with Crippen molar-refractivity contribution in [1.29, 1.82) is 0 Å². The van der Waals surface area contributed by atoms with Crippen molar-refractivity contribution in [2.24, 2.45) is 5.92 Å². The van der Waals surface area contributed by atoms with Gasteiger partial charge in [0.2, 0.25) is 0 Å². The average molecular weight is 379 g/mol. The molecule has 150 valence electrons. The molecule has 0 fully saturated rings. The van der Waals surface area contributed by atoms with Gasteiger partial charge in [-0.1, -0.05) is 78.9 Å². The van der Waals surface area contributed by atoms with Gasteiger partial charge >= 0.3 is 0 Å². The van der Waals surface area contributed by atoms with Crippen molar-refractivity contribution in [3.63, 3.8) is 0 Å². The summed E-state index contributed by atoms with van der Waals surface area (Å²) in [6.07, 6.45) is 7.11. The van der Waals surface area contributed by atoms with Gasteiger partial charge in [0.05, 0.1) is 24.4 Å². The smallest absolute Gasteiger partial charge is 0.0879 e. The van der Waals surface area contributed by atoms with Gasteiger partial charge in [-0.25, -0.2) is 0 Å². The van der Waals surface area contributed by atoms with E-state index >= 15 is 0 Å². The topological polar surface area (TPSA) is 18.5 Å². The van der Waals surface area contributed by atoms with Crippen molar-refractivity contribution in [3.05, 3.63) is 96.6 Å². The van der Waals surface area contributed by atoms with Gasteiger partial charge in [0.15, 0.2) is 0 Å². The molecular formula is C26H34O2. The predicted octanol–water partition coefficient (Wildman–Crippen LogP) is 6.64. The van der Waals surface area contributed by atoms with Crippen LogP contribution in [0.3, 0.4) is 0 Å². The highest BCUT2D eigenvalue weighted by molar-refractivity contribution is 5.21. The summed E-state index contributed by atoms with van der Waals surface area (Å²) in [6, 6.07) is 20.6. The lowest BCUT2D eigenvalue weighted by atomic mass is 9.97. The highest BCUT2D eigenvalue weighted by Crippen LogP contribution is 2.26. The number of benzene rings is 2. The Morgan fingerprint density at radius 1 is 0.786 bits per heavy atom. The zero-order valence-corrected chi connectivity index (χ0v) is 17.7. The largest absolute Gasteiger partial charge is 0.370 e. The van der Waals surface area contributed by atoms with Gasteiger partial charge in [-0.3, -0.25) is 0 Å². The van der Waals surface area contributed by atoms with E-state index in [1.54, 1.807) is 0 Å². The number of allylic oxidation sites excluding steroid dienone is 1. The Labute approximate surface area is 170 Å². The van der Waals surface area contributed by atoms with Gasteiger partial charge in [0, 0.05) is 5.92 Å².